The van der Waals surface area contributed by atoms with Crippen molar-refractivity contribution in [2.45, 2.75) is 0 Å². The average Bonchev–Trinajstić information content (AvgIpc) is 3.48. The average molecular weight is 460 g/mol. The minimum atomic E-state index is 0. The molecular weight excluding hydrogens is 440 g/mol. The topological polar surface area (TPSA) is 88.0 Å². The van der Waals surface area contributed by atoms with E-state index < -0.39 is 0 Å². The first-order valence-corrected chi connectivity index (χ1v) is 8.38. The second-order valence-electron chi connectivity index (χ2n) is 5.18. The summed E-state index contributed by atoms with van der Waals surface area (Å²) in [5, 5.41) is 34.4. The van der Waals surface area contributed by atoms with E-state index in [0.717, 1.165) is 0 Å². The number of nitrogens with zero attached hydrogens (tertiary/aromatic N) is 2. The second kappa shape index (κ2) is 16.8. The predicted octanol–water partition coefficient (Wildman–Crippen LogP) is 5.34. The van der Waals surface area contributed by atoms with Crippen LogP contribution in [0, 0.1) is 22.7 Å². The SMILES string of the molecule is N#Cc1ccccc1O.N#Cc1ccccc1O.[Zr+2].c1cc[cH-]c1.c1cc[cH-]c1. The van der Waals surface area contributed by atoms with Gasteiger partial charge in [-0.25, -0.2) is 24.3 Å². The molecule has 0 saturated carbocycles. The first kappa shape index (κ1) is 25.6. The van der Waals surface area contributed by atoms with Crippen LogP contribution >= 0.6 is 0 Å². The van der Waals surface area contributed by atoms with Gasteiger partial charge in [0.1, 0.15) is 23.6 Å². The summed E-state index contributed by atoms with van der Waals surface area (Å²) >= 11 is 0. The molecule has 0 fully saturated rings. The molecule has 0 bridgehead atoms. The first-order chi connectivity index (χ1) is 13.7. The number of para-hydroxylation sites is 2. The van der Waals surface area contributed by atoms with Crippen molar-refractivity contribution in [3.05, 3.63) is 120 Å². The summed E-state index contributed by atoms with van der Waals surface area (Å²) in [5.41, 5.74) is 0.634. The van der Waals surface area contributed by atoms with E-state index in [-0.39, 0.29) is 37.7 Å². The maximum absolute atomic E-state index is 8.89. The van der Waals surface area contributed by atoms with E-state index in [0.29, 0.717) is 11.1 Å². The molecule has 0 heterocycles. The molecule has 0 atom stereocenters. The predicted molar refractivity (Wildman–Crippen MR) is 110 cm³/mol. The van der Waals surface area contributed by atoms with Crippen molar-refractivity contribution in [2.75, 3.05) is 0 Å². The van der Waals surface area contributed by atoms with Gasteiger partial charge in [-0.15, -0.1) is 0 Å². The Hall–Kier alpha value is -3.40. The van der Waals surface area contributed by atoms with E-state index in [1.54, 1.807) is 36.4 Å². The molecular formula is C24H20N2O2Zr. The van der Waals surface area contributed by atoms with Crippen molar-refractivity contribution in [3.8, 4) is 23.6 Å². The Labute approximate surface area is 190 Å². The molecule has 0 amide bonds. The maximum Gasteiger partial charge on any atom is 2.00 e. The molecule has 4 nitrogen and oxygen atoms in total. The monoisotopic (exact) mass is 458 g/mol. The van der Waals surface area contributed by atoms with Gasteiger partial charge in [-0.3, -0.25) is 0 Å². The van der Waals surface area contributed by atoms with Gasteiger partial charge in [0.2, 0.25) is 0 Å². The molecule has 0 saturated heterocycles. The van der Waals surface area contributed by atoms with Crippen LogP contribution in [0.1, 0.15) is 11.1 Å². The van der Waals surface area contributed by atoms with Crippen LogP contribution in [0.3, 0.4) is 0 Å². The minimum absolute atomic E-state index is 0. The van der Waals surface area contributed by atoms with Crippen molar-refractivity contribution < 1.29 is 36.4 Å². The summed E-state index contributed by atoms with van der Waals surface area (Å²) in [5.74, 6) is 0.0833. The zero-order valence-corrected chi connectivity index (χ0v) is 18.1. The molecule has 0 aliphatic heterocycles. The van der Waals surface area contributed by atoms with E-state index >= 15 is 0 Å². The molecule has 4 aromatic carbocycles. The summed E-state index contributed by atoms with van der Waals surface area (Å²) in [7, 11) is 0. The number of hydrogen-bond donors (Lipinski definition) is 2. The Kier molecular flexibility index (Phi) is 14.8. The number of aromatic hydroxyl groups is 2. The Morgan fingerprint density at radius 1 is 0.552 bits per heavy atom. The molecule has 0 unspecified atom stereocenters. The van der Waals surface area contributed by atoms with Gasteiger partial charge in [0.25, 0.3) is 0 Å². The summed E-state index contributed by atoms with van der Waals surface area (Å²) in [6, 6.07) is 36.6. The van der Waals surface area contributed by atoms with Crippen LogP contribution in [0.5, 0.6) is 11.5 Å². The van der Waals surface area contributed by atoms with Crippen LogP contribution in [-0.4, -0.2) is 10.2 Å². The molecule has 4 aromatic rings. The third-order valence-electron chi connectivity index (χ3n) is 3.16. The number of phenols is 2. The summed E-state index contributed by atoms with van der Waals surface area (Å²) < 4.78 is 0. The maximum atomic E-state index is 8.89. The van der Waals surface area contributed by atoms with Crippen LogP contribution in [0.4, 0.5) is 0 Å². The Morgan fingerprint density at radius 3 is 1.03 bits per heavy atom. The van der Waals surface area contributed by atoms with Crippen molar-refractivity contribution >= 4 is 0 Å². The molecule has 0 spiro atoms. The summed E-state index contributed by atoms with van der Waals surface area (Å²) in [4.78, 5) is 0. The summed E-state index contributed by atoms with van der Waals surface area (Å²) in [6.45, 7) is 0. The number of nitriles is 2. The molecule has 2 N–H and O–H groups in total. The molecule has 4 rings (SSSR count). The third-order valence-corrected chi connectivity index (χ3v) is 3.16. The van der Waals surface area contributed by atoms with Crippen LogP contribution in [0.15, 0.2) is 109 Å². The van der Waals surface area contributed by atoms with E-state index in [1.807, 2.05) is 72.8 Å². The molecule has 142 valence electrons. The smallest absolute Gasteiger partial charge is 0.507 e. The molecule has 0 aromatic heterocycles. The van der Waals surface area contributed by atoms with Crippen molar-refractivity contribution in [1.29, 1.82) is 10.5 Å². The fourth-order valence-electron chi connectivity index (χ4n) is 1.78. The Morgan fingerprint density at radius 2 is 0.862 bits per heavy atom. The second-order valence-corrected chi connectivity index (χ2v) is 5.18. The van der Waals surface area contributed by atoms with E-state index in [4.69, 9.17) is 20.7 Å². The van der Waals surface area contributed by atoms with Gasteiger partial charge in [0, 0.05) is 0 Å². The van der Waals surface area contributed by atoms with Gasteiger partial charge < -0.3 is 10.2 Å². The quantitative estimate of drug-likeness (QED) is 0.348. The van der Waals surface area contributed by atoms with E-state index in [9.17, 15) is 0 Å². The Balaban J connectivity index is 0.000000369. The largest absolute Gasteiger partial charge is 2.00 e. The molecule has 0 aliphatic rings. The van der Waals surface area contributed by atoms with Gasteiger partial charge in [0.05, 0.1) is 11.1 Å². The van der Waals surface area contributed by atoms with Crippen LogP contribution in [0.25, 0.3) is 0 Å². The van der Waals surface area contributed by atoms with Gasteiger partial charge in [-0.2, -0.15) is 46.9 Å². The van der Waals surface area contributed by atoms with E-state index in [1.165, 1.54) is 12.1 Å². The van der Waals surface area contributed by atoms with E-state index in [2.05, 4.69) is 0 Å². The van der Waals surface area contributed by atoms with Gasteiger partial charge in [0.15, 0.2) is 0 Å². The standard InChI is InChI=1S/2C7H5NO.2C5H5.Zr/c2*8-5-6-3-1-2-4-7(6)9;2*1-2-4-5-3-1;/h2*1-4,9H;2*1-5H;/q;;2*-1;+2. The van der Waals surface area contributed by atoms with Gasteiger partial charge in [-0.05, 0) is 24.3 Å². The van der Waals surface area contributed by atoms with Crippen LogP contribution in [0.2, 0.25) is 0 Å². The third kappa shape index (κ3) is 11.8. The van der Waals surface area contributed by atoms with Crippen molar-refractivity contribution in [3.63, 3.8) is 0 Å². The van der Waals surface area contributed by atoms with Crippen LogP contribution < -0.4 is 0 Å². The number of benzene rings is 2. The zero-order valence-electron chi connectivity index (χ0n) is 15.7. The van der Waals surface area contributed by atoms with Crippen molar-refractivity contribution in [2.24, 2.45) is 0 Å². The van der Waals surface area contributed by atoms with Gasteiger partial charge >= 0.3 is 26.2 Å². The molecule has 5 heteroatoms. The fraction of sp³-hybridized carbons (Fsp3) is 0. The minimum Gasteiger partial charge on any atom is -0.507 e. The first-order valence-electron chi connectivity index (χ1n) is 8.38. The van der Waals surface area contributed by atoms with Crippen molar-refractivity contribution in [1.82, 2.24) is 0 Å². The Bertz CT molecular complexity index is 851. The van der Waals surface area contributed by atoms with Crippen LogP contribution in [-0.2, 0) is 26.2 Å². The summed E-state index contributed by atoms with van der Waals surface area (Å²) in [6.07, 6.45) is 0. The number of hydrogen-bond acceptors (Lipinski definition) is 4. The molecule has 0 aliphatic carbocycles. The fourth-order valence-corrected chi connectivity index (χ4v) is 1.78. The van der Waals surface area contributed by atoms with Gasteiger partial charge in [-0.1, -0.05) is 24.3 Å². The molecule has 29 heavy (non-hydrogen) atoms. The zero-order chi connectivity index (χ0) is 20.5. The number of rotatable bonds is 0. The molecule has 0 radical (unpaired) electrons. The number of phenolic OH excluding ortho intramolecular Hbond substituents is 2. The normalized spacial score (nSPS) is 7.93.